The third-order valence-corrected chi connectivity index (χ3v) is 3.98. The summed E-state index contributed by atoms with van der Waals surface area (Å²) in [6.45, 7) is 1.83. The van der Waals surface area contributed by atoms with E-state index in [0.29, 0.717) is 28.6 Å². The van der Waals surface area contributed by atoms with E-state index < -0.39 is 12.1 Å². The molecule has 1 N–H and O–H groups in total. The number of nitrogens with one attached hydrogen (secondary N) is 1. The number of halogens is 1. The zero-order valence-corrected chi connectivity index (χ0v) is 15.5. The molecule has 0 aromatic heterocycles. The van der Waals surface area contributed by atoms with Crippen LogP contribution < -0.4 is 14.8 Å². The number of hydrogen-bond donors (Lipinski definition) is 1. The van der Waals surface area contributed by atoms with Crippen LogP contribution in [0, 0.1) is 0 Å². The number of ether oxygens (including phenoxy) is 3. The SMILES string of the molecule is CC[C@@H](Oc1ccc(OC)cc1)C(=O)Nc1cc(C(=O)OC)ccc1Cl. The van der Waals surface area contributed by atoms with Gasteiger partial charge in [-0.25, -0.2) is 4.79 Å². The van der Waals surface area contributed by atoms with Crippen LogP contribution in [0.1, 0.15) is 23.7 Å². The molecule has 1 amide bonds. The molecule has 0 saturated heterocycles. The van der Waals surface area contributed by atoms with Crippen LogP contribution in [0.5, 0.6) is 11.5 Å². The van der Waals surface area contributed by atoms with Crippen molar-refractivity contribution in [2.45, 2.75) is 19.4 Å². The molecule has 2 rings (SSSR count). The van der Waals surface area contributed by atoms with E-state index >= 15 is 0 Å². The van der Waals surface area contributed by atoms with E-state index in [4.69, 9.17) is 21.1 Å². The summed E-state index contributed by atoms with van der Waals surface area (Å²) in [4.78, 5) is 24.2. The number of carbonyl (C=O) groups excluding carboxylic acids is 2. The van der Waals surface area contributed by atoms with Crippen molar-refractivity contribution in [2.75, 3.05) is 19.5 Å². The number of anilines is 1. The average Bonchev–Trinajstić information content (AvgIpc) is 2.67. The number of carbonyl (C=O) groups is 2. The molecule has 2 aromatic carbocycles. The summed E-state index contributed by atoms with van der Waals surface area (Å²) < 4.78 is 15.5. The maximum absolute atomic E-state index is 12.5. The molecule has 0 aliphatic rings. The van der Waals surface area contributed by atoms with E-state index in [9.17, 15) is 9.59 Å². The van der Waals surface area contributed by atoms with Crippen molar-refractivity contribution < 1.29 is 23.8 Å². The molecule has 0 fully saturated rings. The Hall–Kier alpha value is -2.73. The second-order valence-corrected chi connectivity index (χ2v) is 5.77. The Labute approximate surface area is 157 Å². The molecule has 1 atom stereocenters. The van der Waals surface area contributed by atoms with Gasteiger partial charge < -0.3 is 19.5 Å². The van der Waals surface area contributed by atoms with Gasteiger partial charge >= 0.3 is 5.97 Å². The van der Waals surface area contributed by atoms with Crippen LogP contribution in [-0.2, 0) is 9.53 Å². The normalized spacial score (nSPS) is 11.4. The molecule has 0 unspecified atom stereocenters. The molecular formula is C19H20ClNO5. The fourth-order valence-electron chi connectivity index (χ4n) is 2.22. The zero-order valence-electron chi connectivity index (χ0n) is 14.7. The largest absolute Gasteiger partial charge is 0.497 e. The fraction of sp³-hybridized carbons (Fsp3) is 0.263. The van der Waals surface area contributed by atoms with Crippen molar-refractivity contribution in [2.24, 2.45) is 0 Å². The standard InChI is InChI=1S/C19H20ClNO5/c1-4-17(26-14-8-6-13(24-2)7-9-14)18(22)21-16-11-12(19(23)25-3)5-10-15(16)20/h5-11,17H,4H2,1-3H3,(H,21,22)/t17-/m1/s1. The lowest BCUT2D eigenvalue weighted by Crippen LogP contribution is -2.32. The van der Waals surface area contributed by atoms with Crippen molar-refractivity contribution in [1.82, 2.24) is 0 Å². The summed E-state index contributed by atoms with van der Waals surface area (Å²) in [7, 11) is 2.86. The molecule has 2 aromatic rings. The van der Waals surface area contributed by atoms with Gasteiger partial charge in [-0.3, -0.25) is 4.79 Å². The Balaban J connectivity index is 2.12. The van der Waals surface area contributed by atoms with Gasteiger partial charge in [0.05, 0.1) is 30.5 Å². The van der Waals surface area contributed by atoms with Crippen LogP contribution in [0.15, 0.2) is 42.5 Å². The molecule has 7 heteroatoms. The molecule has 138 valence electrons. The Bertz CT molecular complexity index is 776. The predicted molar refractivity (Wildman–Crippen MR) is 99.1 cm³/mol. The summed E-state index contributed by atoms with van der Waals surface area (Å²) in [6.07, 6.45) is -0.271. The molecule has 0 aliphatic heterocycles. The van der Waals surface area contributed by atoms with Crippen molar-refractivity contribution in [3.8, 4) is 11.5 Å². The molecular weight excluding hydrogens is 358 g/mol. The highest BCUT2D eigenvalue weighted by atomic mass is 35.5. The summed E-state index contributed by atoms with van der Waals surface area (Å²) in [5.41, 5.74) is 0.604. The quantitative estimate of drug-likeness (QED) is 0.740. The Morgan fingerprint density at radius 2 is 1.73 bits per heavy atom. The molecule has 0 saturated carbocycles. The van der Waals surface area contributed by atoms with E-state index in [2.05, 4.69) is 10.1 Å². The maximum Gasteiger partial charge on any atom is 0.337 e. The number of hydrogen-bond acceptors (Lipinski definition) is 5. The van der Waals surface area contributed by atoms with Crippen LogP contribution in [0.4, 0.5) is 5.69 Å². The molecule has 0 spiro atoms. The third kappa shape index (κ3) is 4.89. The van der Waals surface area contributed by atoms with E-state index in [-0.39, 0.29) is 11.5 Å². The van der Waals surface area contributed by atoms with Gasteiger partial charge in [0.15, 0.2) is 6.10 Å². The minimum atomic E-state index is -0.721. The highest BCUT2D eigenvalue weighted by molar-refractivity contribution is 6.33. The molecule has 6 nitrogen and oxygen atoms in total. The topological polar surface area (TPSA) is 73.9 Å². The zero-order chi connectivity index (χ0) is 19.1. The van der Waals surface area contributed by atoms with E-state index in [1.807, 2.05) is 6.92 Å². The van der Waals surface area contributed by atoms with E-state index in [0.717, 1.165) is 0 Å². The lowest BCUT2D eigenvalue weighted by Gasteiger charge is -2.18. The summed E-state index contributed by atoms with van der Waals surface area (Å²) in [5.74, 6) is 0.356. The van der Waals surface area contributed by atoms with Gasteiger partial charge in [-0.15, -0.1) is 0 Å². The van der Waals surface area contributed by atoms with Crippen LogP contribution >= 0.6 is 11.6 Å². The van der Waals surface area contributed by atoms with Gasteiger partial charge in [0.25, 0.3) is 5.91 Å². The number of esters is 1. The van der Waals surface area contributed by atoms with Crippen LogP contribution in [-0.4, -0.2) is 32.2 Å². The highest BCUT2D eigenvalue weighted by Crippen LogP contribution is 2.25. The molecule has 0 radical (unpaired) electrons. The van der Waals surface area contributed by atoms with E-state index in [1.165, 1.54) is 25.3 Å². The van der Waals surface area contributed by atoms with Crippen LogP contribution in [0.25, 0.3) is 0 Å². The number of rotatable bonds is 7. The monoisotopic (exact) mass is 377 g/mol. The van der Waals surface area contributed by atoms with Crippen molar-refractivity contribution >= 4 is 29.2 Å². The first-order chi connectivity index (χ1) is 12.5. The predicted octanol–water partition coefficient (Wildman–Crippen LogP) is 3.93. The number of methoxy groups -OCH3 is 2. The van der Waals surface area contributed by atoms with Crippen molar-refractivity contribution in [3.05, 3.63) is 53.1 Å². The lowest BCUT2D eigenvalue weighted by molar-refractivity contribution is -0.122. The van der Waals surface area contributed by atoms with E-state index in [1.54, 1.807) is 31.4 Å². The second-order valence-electron chi connectivity index (χ2n) is 5.37. The first-order valence-corrected chi connectivity index (χ1v) is 8.35. The first-order valence-electron chi connectivity index (χ1n) is 7.98. The second kappa shape index (κ2) is 9.10. The highest BCUT2D eigenvalue weighted by Gasteiger charge is 2.20. The maximum atomic E-state index is 12.5. The van der Waals surface area contributed by atoms with Gasteiger partial charge in [0.1, 0.15) is 11.5 Å². The summed E-state index contributed by atoms with van der Waals surface area (Å²) >= 11 is 6.11. The third-order valence-electron chi connectivity index (χ3n) is 3.65. The lowest BCUT2D eigenvalue weighted by atomic mass is 10.2. The molecule has 0 aliphatic carbocycles. The van der Waals surface area contributed by atoms with Gasteiger partial charge in [0, 0.05) is 0 Å². The van der Waals surface area contributed by atoms with Gasteiger partial charge in [-0.1, -0.05) is 18.5 Å². The number of amides is 1. The fourth-order valence-corrected chi connectivity index (χ4v) is 2.38. The van der Waals surface area contributed by atoms with Gasteiger partial charge in [-0.05, 0) is 48.9 Å². The van der Waals surface area contributed by atoms with Crippen molar-refractivity contribution in [1.29, 1.82) is 0 Å². The summed E-state index contributed by atoms with van der Waals surface area (Å²) in [6, 6.07) is 11.4. The molecule has 0 bridgehead atoms. The average molecular weight is 378 g/mol. The first kappa shape index (κ1) is 19.6. The minimum Gasteiger partial charge on any atom is -0.497 e. The minimum absolute atomic E-state index is 0.288. The van der Waals surface area contributed by atoms with Gasteiger partial charge in [-0.2, -0.15) is 0 Å². The smallest absolute Gasteiger partial charge is 0.337 e. The van der Waals surface area contributed by atoms with Crippen LogP contribution in [0.2, 0.25) is 5.02 Å². The van der Waals surface area contributed by atoms with Crippen molar-refractivity contribution in [3.63, 3.8) is 0 Å². The van der Waals surface area contributed by atoms with Gasteiger partial charge in [0.2, 0.25) is 0 Å². The molecule has 0 heterocycles. The molecule has 26 heavy (non-hydrogen) atoms. The number of benzene rings is 2. The Kier molecular flexibility index (Phi) is 6.86. The Morgan fingerprint density at radius 3 is 2.31 bits per heavy atom. The Morgan fingerprint density at radius 1 is 1.08 bits per heavy atom. The summed E-state index contributed by atoms with van der Waals surface area (Å²) in [5, 5.41) is 3.01. The van der Waals surface area contributed by atoms with Crippen LogP contribution in [0.3, 0.4) is 0 Å².